The van der Waals surface area contributed by atoms with Crippen LogP contribution in [-0.4, -0.2) is 18.3 Å². The van der Waals surface area contributed by atoms with Gasteiger partial charge in [-0.1, -0.05) is 119 Å². The fourth-order valence-electron chi connectivity index (χ4n) is 11.5. The quantitative estimate of drug-likeness (QED) is 0.164. The number of nitrogens with zero attached hydrogens (tertiary/aromatic N) is 4. The van der Waals surface area contributed by atoms with Crippen LogP contribution < -0.4 is 0 Å². The smallest absolute Gasteiger partial charge is 0.0562 e. The number of rotatable bonds is 5. The molecule has 0 aliphatic carbocycles. The number of aryl methyl sites for hydroxylation is 4. The summed E-state index contributed by atoms with van der Waals surface area (Å²) < 4.78 is 10.0. The first-order valence-corrected chi connectivity index (χ1v) is 23.7. The van der Waals surface area contributed by atoms with Gasteiger partial charge in [-0.05, 0) is 137 Å². The Labute approximate surface area is 393 Å². The van der Waals surface area contributed by atoms with Crippen LogP contribution in [0.1, 0.15) is 22.3 Å². The van der Waals surface area contributed by atoms with E-state index in [1.807, 2.05) is 0 Å². The number of hydrogen-bond acceptors (Lipinski definition) is 0. The Hall–Kier alpha value is -8.60. The Kier molecular flexibility index (Phi) is 8.21. The summed E-state index contributed by atoms with van der Waals surface area (Å²) in [5, 5.41) is 9.89. The normalized spacial score (nSPS) is 12.1. The molecule has 4 nitrogen and oxygen atoms in total. The Morgan fingerprint density at radius 1 is 0.221 bits per heavy atom. The van der Waals surface area contributed by atoms with Gasteiger partial charge >= 0.3 is 0 Å². The highest BCUT2D eigenvalue weighted by molar-refractivity contribution is 6.18. The zero-order chi connectivity index (χ0) is 45.4. The molecule has 4 heterocycles. The molecule has 0 N–H and O–H groups in total. The van der Waals surface area contributed by atoms with Gasteiger partial charge in [0.25, 0.3) is 0 Å². The molecule has 10 aromatic carbocycles. The summed E-state index contributed by atoms with van der Waals surface area (Å²) in [7, 11) is 0. The van der Waals surface area contributed by atoms with Crippen molar-refractivity contribution in [1.82, 2.24) is 18.3 Å². The molecule has 68 heavy (non-hydrogen) atoms. The van der Waals surface area contributed by atoms with E-state index in [9.17, 15) is 0 Å². The summed E-state index contributed by atoms with van der Waals surface area (Å²) in [5.41, 5.74) is 21.3. The summed E-state index contributed by atoms with van der Waals surface area (Å²) in [4.78, 5) is 0. The van der Waals surface area contributed by atoms with Crippen LogP contribution in [0.2, 0.25) is 0 Å². The molecule has 4 aromatic heterocycles. The second-order valence-electron chi connectivity index (χ2n) is 18.9. The van der Waals surface area contributed by atoms with Crippen molar-refractivity contribution in [2.24, 2.45) is 0 Å². The Morgan fingerprint density at radius 3 is 0.868 bits per heavy atom. The van der Waals surface area contributed by atoms with Crippen molar-refractivity contribution in [3.63, 3.8) is 0 Å². The van der Waals surface area contributed by atoms with E-state index in [4.69, 9.17) is 0 Å². The van der Waals surface area contributed by atoms with Crippen molar-refractivity contribution in [3.8, 4) is 33.9 Å². The molecular weight excluding hydrogens is 825 g/mol. The van der Waals surface area contributed by atoms with Crippen molar-refractivity contribution in [2.75, 3.05) is 0 Å². The summed E-state index contributed by atoms with van der Waals surface area (Å²) in [5.74, 6) is 0. The van der Waals surface area contributed by atoms with Crippen LogP contribution in [0.5, 0.6) is 0 Å². The van der Waals surface area contributed by atoms with E-state index in [0.29, 0.717) is 0 Å². The highest BCUT2D eigenvalue weighted by Gasteiger charge is 2.26. The molecule has 0 aliphatic heterocycles. The van der Waals surface area contributed by atoms with E-state index < -0.39 is 0 Å². The predicted molar refractivity (Wildman–Crippen MR) is 288 cm³/mol. The fourth-order valence-corrected chi connectivity index (χ4v) is 11.5. The first-order valence-electron chi connectivity index (χ1n) is 23.7. The number of fused-ring (bicyclic) bond motifs is 12. The van der Waals surface area contributed by atoms with Gasteiger partial charge in [0, 0.05) is 65.6 Å². The van der Waals surface area contributed by atoms with Crippen LogP contribution in [0.3, 0.4) is 0 Å². The van der Waals surface area contributed by atoms with E-state index in [1.165, 1.54) is 98.4 Å². The maximum atomic E-state index is 2.55. The molecule has 0 unspecified atom stereocenters. The lowest BCUT2D eigenvalue weighted by Crippen LogP contribution is -2.03. The van der Waals surface area contributed by atoms with Crippen molar-refractivity contribution in [3.05, 3.63) is 229 Å². The van der Waals surface area contributed by atoms with Crippen molar-refractivity contribution >= 4 is 87.2 Å². The van der Waals surface area contributed by atoms with Crippen LogP contribution in [0.25, 0.3) is 121 Å². The maximum absolute atomic E-state index is 2.55. The van der Waals surface area contributed by atoms with Gasteiger partial charge in [-0.15, -0.1) is 0 Å². The molecule has 0 atom stereocenters. The molecule has 322 valence electrons. The van der Waals surface area contributed by atoms with Crippen LogP contribution >= 0.6 is 0 Å². The van der Waals surface area contributed by atoms with Gasteiger partial charge < -0.3 is 18.3 Å². The molecule has 0 radical (unpaired) electrons. The third-order valence-corrected chi connectivity index (χ3v) is 14.5. The van der Waals surface area contributed by atoms with Gasteiger partial charge in [0.2, 0.25) is 0 Å². The zero-order valence-electron chi connectivity index (χ0n) is 38.4. The fraction of sp³-hybridized carbons (Fsp3) is 0.0625. The molecule has 0 saturated heterocycles. The van der Waals surface area contributed by atoms with Gasteiger partial charge in [-0.2, -0.15) is 0 Å². The van der Waals surface area contributed by atoms with E-state index in [1.54, 1.807) is 0 Å². The Balaban J connectivity index is 1.22. The molecule has 0 spiro atoms. The first-order chi connectivity index (χ1) is 33.4. The van der Waals surface area contributed by atoms with Gasteiger partial charge in [0.1, 0.15) is 0 Å². The van der Waals surface area contributed by atoms with Gasteiger partial charge in [0.05, 0.1) is 55.5 Å². The van der Waals surface area contributed by atoms with Gasteiger partial charge in [-0.3, -0.25) is 0 Å². The average Bonchev–Trinajstić information content (AvgIpc) is 4.07. The minimum absolute atomic E-state index is 1.13. The van der Waals surface area contributed by atoms with Gasteiger partial charge in [-0.25, -0.2) is 0 Å². The van der Waals surface area contributed by atoms with Crippen molar-refractivity contribution in [2.45, 2.75) is 27.7 Å². The van der Waals surface area contributed by atoms with E-state index in [-0.39, 0.29) is 0 Å². The average molecular weight is 871 g/mol. The second kappa shape index (κ2) is 14.4. The van der Waals surface area contributed by atoms with Crippen LogP contribution in [0.4, 0.5) is 0 Å². The Morgan fingerprint density at radius 2 is 0.515 bits per heavy atom. The topological polar surface area (TPSA) is 19.7 Å². The SMILES string of the molecule is Cc1ccc2c(c1)c1cc(C)ccc1n2-c1cc2c(cc1-c1cc3c4ccccc4n(-c4ccccc4)c3cc1-n1c3ccc(C)cc3c3cc(C)ccc31)c1ccccc1n2-c1ccccc1. The molecule has 14 aromatic rings. The highest BCUT2D eigenvalue weighted by atomic mass is 15.0. The molecule has 0 saturated carbocycles. The molecule has 0 bridgehead atoms. The lowest BCUT2D eigenvalue weighted by molar-refractivity contribution is 1.14. The summed E-state index contributed by atoms with van der Waals surface area (Å²) in [6.07, 6.45) is 0. The van der Waals surface area contributed by atoms with E-state index in [0.717, 1.165) is 44.9 Å². The molecule has 0 fully saturated rings. The summed E-state index contributed by atoms with van der Waals surface area (Å²) in [6.45, 7) is 8.82. The van der Waals surface area contributed by atoms with Crippen molar-refractivity contribution < 1.29 is 0 Å². The minimum atomic E-state index is 1.13. The maximum Gasteiger partial charge on any atom is 0.0562 e. The molecule has 0 aliphatic rings. The molecule has 4 heteroatoms. The summed E-state index contributed by atoms with van der Waals surface area (Å²) >= 11 is 0. The molecule has 14 rings (SSSR count). The Bertz CT molecular complexity index is 4000. The number of para-hydroxylation sites is 4. The third-order valence-electron chi connectivity index (χ3n) is 14.5. The summed E-state index contributed by atoms with van der Waals surface area (Å²) in [6, 6.07) is 77.3. The lowest BCUT2D eigenvalue weighted by atomic mass is 9.96. The number of benzene rings is 10. The second-order valence-corrected chi connectivity index (χ2v) is 18.9. The third kappa shape index (κ3) is 5.55. The molecular formula is C64H46N4. The molecule has 0 amide bonds. The largest absolute Gasteiger partial charge is 0.309 e. The highest BCUT2D eigenvalue weighted by Crippen LogP contribution is 2.47. The van der Waals surface area contributed by atoms with Crippen LogP contribution in [0.15, 0.2) is 206 Å². The lowest BCUT2D eigenvalue weighted by Gasteiger charge is -2.21. The van der Waals surface area contributed by atoms with Crippen molar-refractivity contribution in [1.29, 1.82) is 0 Å². The van der Waals surface area contributed by atoms with E-state index >= 15 is 0 Å². The van der Waals surface area contributed by atoms with Gasteiger partial charge in [0.15, 0.2) is 0 Å². The first kappa shape index (κ1) is 38.6. The monoisotopic (exact) mass is 870 g/mol. The van der Waals surface area contributed by atoms with E-state index in [2.05, 4.69) is 252 Å². The number of hydrogen-bond donors (Lipinski definition) is 0. The van der Waals surface area contributed by atoms with Crippen LogP contribution in [0, 0.1) is 27.7 Å². The minimum Gasteiger partial charge on any atom is -0.309 e. The van der Waals surface area contributed by atoms with Crippen LogP contribution in [-0.2, 0) is 0 Å². The number of aromatic nitrogens is 4. The standard InChI is InChI=1S/C64H46N4/c1-39-23-27-57-47(31-39)48-32-40(2)24-28-58(48)67(57)63-37-61-51(45-19-11-13-21-55(45)65(61)43-15-7-5-8-16-43)35-53(63)54-36-52-46-20-12-14-22-56(46)66(44-17-9-6-10-18-44)62(52)38-64(54)68-59-29-25-41(3)33-49(59)50-34-42(4)26-30-60(50)68/h5-38H,1-4H3. The zero-order valence-corrected chi connectivity index (χ0v) is 38.4. The predicted octanol–water partition coefficient (Wildman–Crippen LogP) is 17.0.